The Bertz CT molecular complexity index is 3970. The molecule has 0 saturated heterocycles. The predicted octanol–water partition coefficient (Wildman–Crippen LogP) is 18.4. The van der Waals surface area contributed by atoms with Gasteiger partial charge in [-0.15, -0.1) is 0 Å². The highest BCUT2D eigenvalue weighted by atomic mass is 35.6. The highest BCUT2D eigenvalue weighted by molar-refractivity contribution is 6.66. The number of hydrogen-bond acceptors (Lipinski definition) is 5. The molecule has 2 aliphatic heterocycles. The zero-order chi connectivity index (χ0) is 53.1. The lowest BCUT2D eigenvalue weighted by Gasteiger charge is -2.51. The van der Waals surface area contributed by atoms with E-state index in [-0.39, 0.29) is 33.1 Å². The molecule has 0 radical (unpaired) electrons. The molecule has 0 aliphatic carbocycles. The van der Waals surface area contributed by atoms with Gasteiger partial charge in [0.2, 0.25) is 3.79 Å². The van der Waals surface area contributed by atoms with Gasteiger partial charge in [-0.05, 0) is 135 Å². The maximum Gasteiger partial charge on any atom is 0.216 e. The molecule has 0 fully saturated rings. The number of aldehydes is 1. The van der Waals surface area contributed by atoms with Gasteiger partial charge < -0.3 is 14.4 Å². The lowest BCUT2D eigenvalue weighted by atomic mass is 9.60. The topological polar surface area (TPSA) is 76.1 Å². The normalized spacial score (nSPS) is 13.7. The number of aromatic nitrogens is 1. The van der Waals surface area contributed by atoms with Crippen LogP contribution in [0, 0.1) is 22.7 Å². The first kappa shape index (κ1) is 48.8. The predicted molar refractivity (Wildman–Crippen MR) is 312 cm³/mol. The first-order chi connectivity index (χ1) is 36.5. The number of rotatable bonds is 5. The Morgan fingerprint density at radius 1 is 0.461 bits per heavy atom. The van der Waals surface area contributed by atoms with Crippen molar-refractivity contribution in [1.29, 1.82) is 10.5 Å². The van der Waals surface area contributed by atoms with Crippen LogP contribution in [0.3, 0.4) is 0 Å². The Labute approximate surface area is 458 Å². The van der Waals surface area contributed by atoms with Gasteiger partial charge in [0.25, 0.3) is 0 Å². The van der Waals surface area contributed by atoms with Crippen LogP contribution in [0.2, 0.25) is 0 Å². The molecule has 0 saturated carbocycles. The van der Waals surface area contributed by atoms with Gasteiger partial charge in [0.15, 0.2) is 0 Å². The molecule has 0 amide bonds. The second-order valence-electron chi connectivity index (χ2n) is 21.8. The molecule has 0 atom stereocenters. The van der Waals surface area contributed by atoms with Crippen molar-refractivity contribution >= 4 is 97.0 Å². The summed E-state index contributed by atoms with van der Waals surface area (Å²) in [7, 11) is 0. The standard InChI is InChI=1S/C67H50Cl3N5O/c1-64(2,3)43-28-30-55-47(35-43)48-36-44(65(4,5)6)29-31-56(48)74(55)61-37-62(50(39-72)63(49(61)38-71)42-32-41(40-76)33-45(34-42)67(68,69)70)75-59-26-16-12-22-53(59)66(54-23-13-17-27-60(54)75)51-20-10-14-24-57(51)73(46-18-8-7-9-19-46)58-25-15-11-21-52(58)66/h7-37,40H,1-6H3. The number of alkyl halides is 3. The van der Waals surface area contributed by atoms with E-state index in [4.69, 9.17) is 34.8 Å². The molecular formula is C67H50Cl3N5O. The number of anilines is 6. The van der Waals surface area contributed by atoms with Gasteiger partial charge in [-0.25, -0.2) is 0 Å². The Balaban J connectivity index is 1.23. The SMILES string of the molecule is CC(C)(C)c1ccc2c(c1)c1cc(C(C)(C)C)ccc1n2-c1cc(N2c3ccccc3C3(c4ccccc4N(c4ccccc4)c4ccccc43)c3ccccc32)c(C#N)c(-c2cc(C=O)cc(C(Cl)(Cl)Cl)c2)c1C#N. The second kappa shape index (κ2) is 17.8. The summed E-state index contributed by atoms with van der Waals surface area (Å²) < 4.78 is 0.211. The number of hydrogen-bond donors (Lipinski definition) is 0. The van der Waals surface area contributed by atoms with E-state index in [9.17, 15) is 15.3 Å². The van der Waals surface area contributed by atoms with Crippen LogP contribution in [0.5, 0.6) is 0 Å². The van der Waals surface area contributed by atoms with E-state index in [0.29, 0.717) is 28.8 Å². The zero-order valence-corrected chi connectivity index (χ0v) is 45.0. The Hall–Kier alpha value is -8.10. The molecule has 6 nitrogen and oxygen atoms in total. The number of fused-ring (bicyclic) bond motifs is 11. The number of para-hydroxylation sites is 5. The molecule has 3 heterocycles. The molecule has 2 aliphatic rings. The molecule has 0 N–H and O–H groups in total. The largest absolute Gasteiger partial charge is 0.310 e. The zero-order valence-electron chi connectivity index (χ0n) is 42.8. The van der Waals surface area contributed by atoms with E-state index in [1.54, 1.807) is 12.1 Å². The number of carbonyl (C=O) groups is 1. The molecule has 9 aromatic carbocycles. The monoisotopic (exact) mass is 1050 g/mol. The summed E-state index contributed by atoms with van der Waals surface area (Å²) in [5, 5.41) is 25.8. The Morgan fingerprint density at radius 3 is 1.33 bits per heavy atom. The number of nitriles is 2. The molecule has 1 spiro atoms. The first-order valence-corrected chi connectivity index (χ1v) is 26.4. The van der Waals surface area contributed by atoms with Crippen LogP contribution in [0.4, 0.5) is 34.1 Å². The fraction of sp³-hybridized carbons (Fsp3) is 0.149. The van der Waals surface area contributed by atoms with Crippen molar-refractivity contribution in [3.05, 3.63) is 244 Å². The van der Waals surface area contributed by atoms with E-state index in [2.05, 4.69) is 214 Å². The van der Waals surface area contributed by atoms with Crippen LogP contribution < -0.4 is 9.80 Å². The lowest BCUT2D eigenvalue weighted by molar-refractivity contribution is 0.112. The van der Waals surface area contributed by atoms with Gasteiger partial charge in [0, 0.05) is 33.2 Å². The van der Waals surface area contributed by atoms with Gasteiger partial charge in [-0.1, -0.05) is 179 Å². The molecule has 76 heavy (non-hydrogen) atoms. The molecule has 10 aromatic rings. The number of carbonyl (C=O) groups excluding carboxylic acids is 1. The van der Waals surface area contributed by atoms with Crippen LogP contribution >= 0.6 is 34.8 Å². The summed E-state index contributed by atoms with van der Waals surface area (Å²) in [6, 6.07) is 69.9. The van der Waals surface area contributed by atoms with E-state index >= 15 is 0 Å². The third-order valence-corrected chi connectivity index (χ3v) is 16.1. The van der Waals surface area contributed by atoms with Gasteiger partial charge in [0.1, 0.15) is 18.4 Å². The average molecular weight is 1050 g/mol. The van der Waals surface area contributed by atoms with Crippen LogP contribution in [-0.2, 0) is 20.0 Å². The van der Waals surface area contributed by atoms with Crippen molar-refractivity contribution in [3.63, 3.8) is 0 Å². The highest BCUT2D eigenvalue weighted by Crippen LogP contribution is 2.64. The van der Waals surface area contributed by atoms with Gasteiger partial charge in [-0.2, -0.15) is 10.5 Å². The molecule has 9 heteroatoms. The van der Waals surface area contributed by atoms with Gasteiger partial charge >= 0.3 is 0 Å². The minimum Gasteiger partial charge on any atom is -0.310 e. The van der Waals surface area contributed by atoms with Crippen LogP contribution in [-0.4, -0.2) is 10.9 Å². The van der Waals surface area contributed by atoms with Crippen molar-refractivity contribution < 1.29 is 4.79 Å². The molecule has 12 rings (SSSR count). The fourth-order valence-corrected chi connectivity index (χ4v) is 12.3. The number of halogens is 3. The van der Waals surface area contributed by atoms with E-state index < -0.39 is 9.21 Å². The van der Waals surface area contributed by atoms with Crippen LogP contribution in [0.1, 0.15) is 102 Å². The highest BCUT2D eigenvalue weighted by Gasteiger charge is 2.52. The van der Waals surface area contributed by atoms with E-state index in [1.807, 2.05) is 24.3 Å². The summed E-state index contributed by atoms with van der Waals surface area (Å²) in [6.45, 7) is 13.3. The maximum absolute atomic E-state index is 12.9. The Morgan fingerprint density at radius 2 is 0.895 bits per heavy atom. The summed E-state index contributed by atoms with van der Waals surface area (Å²) in [6.07, 6.45) is 0.689. The van der Waals surface area contributed by atoms with Crippen molar-refractivity contribution in [2.75, 3.05) is 9.80 Å². The molecule has 0 unspecified atom stereocenters. The van der Waals surface area contributed by atoms with E-state index in [1.165, 1.54) is 17.2 Å². The summed E-state index contributed by atoms with van der Waals surface area (Å²) in [5.74, 6) is 0. The summed E-state index contributed by atoms with van der Waals surface area (Å²) in [5.41, 5.74) is 14.5. The quantitative estimate of drug-likeness (QED) is 0.127. The number of benzene rings is 9. The molecule has 370 valence electrons. The summed E-state index contributed by atoms with van der Waals surface area (Å²) >= 11 is 19.9. The lowest BCUT2D eigenvalue weighted by Crippen LogP contribution is -2.42. The summed E-state index contributed by atoms with van der Waals surface area (Å²) in [4.78, 5) is 17.4. The Kier molecular flexibility index (Phi) is 11.4. The van der Waals surface area contributed by atoms with Crippen LogP contribution in [0.25, 0.3) is 38.6 Å². The van der Waals surface area contributed by atoms with Crippen molar-refractivity contribution in [1.82, 2.24) is 4.57 Å². The van der Waals surface area contributed by atoms with Crippen molar-refractivity contribution in [3.8, 4) is 29.0 Å². The maximum atomic E-state index is 12.9. The van der Waals surface area contributed by atoms with Gasteiger partial charge in [-0.3, -0.25) is 4.79 Å². The smallest absolute Gasteiger partial charge is 0.216 e. The number of nitrogens with zero attached hydrogens (tertiary/aromatic N) is 5. The van der Waals surface area contributed by atoms with E-state index in [0.717, 1.165) is 72.5 Å². The second-order valence-corrected chi connectivity index (χ2v) is 24.1. The third kappa shape index (κ3) is 7.38. The minimum atomic E-state index is -1.95. The van der Waals surface area contributed by atoms with Crippen molar-refractivity contribution in [2.45, 2.75) is 61.6 Å². The minimum absolute atomic E-state index is 0.160. The average Bonchev–Trinajstić information content (AvgIpc) is 3.88. The first-order valence-electron chi connectivity index (χ1n) is 25.3. The van der Waals surface area contributed by atoms with Crippen molar-refractivity contribution in [2.24, 2.45) is 0 Å². The van der Waals surface area contributed by atoms with Gasteiger partial charge in [0.05, 0.1) is 61.7 Å². The molecular weight excluding hydrogens is 997 g/mol. The molecule has 1 aromatic heterocycles. The fourth-order valence-electron chi connectivity index (χ4n) is 12.0. The molecule has 0 bridgehead atoms. The van der Waals surface area contributed by atoms with Crippen LogP contribution in [0.15, 0.2) is 188 Å². The third-order valence-electron chi connectivity index (χ3n) is 15.4.